The lowest BCUT2D eigenvalue weighted by Gasteiger charge is -2.06. The lowest BCUT2D eigenvalue weighted by molar-refractivity contribution is -0.120. The summed E-state index contributed by atoms with van der Waals surface area (Å²) in [6.45, 7) is 0.860. The minimum atomic E-state index is -0.0343. The molecule has 1 aromatic carbocycles. The van der Waals surface area contributed by atoms with E-state index in [0.717, 1.165) is 5.56 Å². The zero-order valence-corrected chi connectivity index (χ0v) is 10.0. The van der Waals surface area contributed by atoms with Crippen LogP contribution in [-0.2, 0) is 11.2 Å². The average Bonchev–Trinajstić information content (AvgIpc) is 2.21. The maximum absolute atomic E-state index is 11.1. The predicted molar refractivity (Wildman–Crippen MR) is 66.0 cm³/mol. The molecule has 0 bridgehead atoms. The van der Waals surface area contributed by atoms with Gasteiger partial charge in [-0.1, -0.05) is 18.2 Å². The van der Waals surface area contributed by atoms with Crippen LogP contribution in [0.25, 0.3) is 0 Å². The molecule has 0 saturated carbocycles. The van der Waals surface area contributed by atoms with Crippen LogP contribution < -0.4 is 10.6 Å². The normalized spacial score (nSPS) is 9.31. The number of hydrogen-bond acceptors (Lipinski definition) is 3. The van der Waals surface area contributed by atoms with E-state index >= 15 is 0 Å². The summed E-state index contributed by atoms with van der Waals surface area (Å²) in [5.41, 5.74) is 0.849. The van der Waals surface area contributed by atoms with E-state index in [1.54, 1.807) is 19.2 Å². The summed E-state index contributed by atoms with van der Waals surface area (Å²) in [6, 6.07) is 7.13. The SMILES string of the molecule is CNCC(=O)NCCc1ccccc1O.Cl. The van der Waals surface area contributed by atoms with Gasteiger partial charge < -0.3 is 15.7 Å². The Morgan fingerprint density at radius 1 is 1.38 bits per heavy atom. The third kappa shape index (κ3) is 5.00. The van der Waals surface area contributed by atoms with Gasteiger partial charge in [0, 0.05) is 6.54 Å². The van der Waals surface area contributed by atoms with Crippen LogP contribution in [0.1, 0.15) is 5.56 Å². The number of para-hydroxylation sites is 1. The minimum absolute atomic E-state index is 0. The van der Waals surface area contributed by atoms with Crippen molar-refractivity contribution in [2.75, 3.05) is 20.1 Å². The maximum atomic E-state index is 11.1. The van der Waals surface area contributed by atoms with Crippen LogP contribution >= 0.6 is 12.4 Å². The number of carbonyl (C=O) groups excluding carboxylic acids is 1. The molecule has 1 amide bonds. The molecule has 0 saturated heterocycles. The van der Waals surface area contributed by atoms with E-state index in [4.69, 9.17) is 0 Å². The molecule has 0 aliphatic rings. The molecule has 5 heteroatoms. The zero-order valence-electron chi connectivity index (χ0n) is 9.19. The second-order valence-electron chi connectivity index (χ2n) is 3.26. The van der Waals surface area contributed by atoms with Gasteiger partial charge >= 0.3 is 0 Å². The van der Waals surface area contributed by atoms with Crippen molar-refractivity contribution < 1.29 is 9.90 Å². The third-order valence-corrected chi connectivity index (χ3v) is 2.05. The topological polar surface area (TPSA) is 61.4 Å². The summed E-state index contributed by atoms with van der Waals surface area (Å²) in [5.74, 6) is 0.244. The first-order valence-corrected chi connectivity index (χ1v) is 4.92. The fourth-order valence-electron chi connectivity index (χ4n) is 1.28. The molecule has 0 heterocycles. The van der Waals surface area contributed by atoms with Crippen LogP contribution in [0.3, 0.4) is 0 Å². The van der Waals surface area contributed by atoms with Crippen LogP contribution in [0.4, 0.5) is 0 Å². The second kappa shape index (κ2) is 7.96. The van der Waals surface area contributed by atoms with Crippen molar-refractivity contribution in [1.82, 2.24) is 10.6 Å². The third-order valence-electron chi connectivity index (χ3n) is 2.05. The van der Waals surface area contributed by atoms with E-state index in [1.807, 2.05) is 12.1 Å². The number of likely N-dealkylation sites (N-methyl/N-ethyl adjacent to an activating group) is 1. The summed E-state index contributed by atoms with van der Waals surface area (Å²) >= 11 is 0. The van der Waals surface area contributed by atoms with Crippen molar-refractivity contribution in [2.45, 2.75) is 6.42 Å². The Balaban J connectivity index is 0.00000225. The summed E-state index contributed by atoms with van der Waals surface area (Å²) < 4.78 is 0. The van der Waals surface area contributed by atoms with Crippen LogP contribution in [-0.4, -0.2) is 31.2 Å². The summed E-state index contributed by atoms with van der Waals surface area (Å²) in [7, 11) is 1.72. The second-order valence-corrected chi connectivity index (χ2v) is 3.26. The Morgan fingerprint density at radius 3 is 2.69 bits per heavy atom. The van der Waals surface area contributed by atoms with Crippen molar-refractivity contribution in [3.05, 3.63) is 29.8 Å². The standard InChI is InChI=1S/C11H16N2O2.ClH/c1-12-8-11(15)13-7-6-9-4-2-3-5-10(9)14;/h2-5,12,14H,6-8H2,1H3,(H,13,15);1H. The lowest BCUT2D eigenvalue weighted by atomic mass is 10.1. The Hall–Kier alpha value is -1.26. The summed E-state index contributed by atoms with van der Waals surface area (Å²) in [4.78, 5) is 11.1. The quantitative estimate of drug-likeness (QED) is 0.714. The van der Waals surface area contributed by atoms with Gasteiger partial charge in [-0.15, -0.1) is 12.4 Å². The van der Waals surface area contributed by atoms with Crippen molar-refractivity contribution in [2.24, 2.45) is 0 Å². The van der Waals surface area contributed by atoms with E-state index in [2.05, 4.69) is 10.6 Å². The molecule has 1 rings (SSSR count). The van der Waals surface area contributed by atoms with Crippen molar-refractivity contribution in [3.63, 3.8) is 0 Å². The number of aromatic hydroxyl groups is 1. The number of carbonyl (C=O) groups is 1. The van der Waals surface area contributed by atoms with Crippen LogP contribution in [0.5, 0.6) is 5.75 Å². The van der Waals surface area contributed by atoms with E-state index in [0.29, 0.717) is 19.5 Å². The molecule has 0 aromatic heterocycles. The first-order valence-electron chi connectivity index (χ1n) is 4.92. The first kappa shape index (κ1) is 14.7. The van der Waals surface area contributed by atoms with Gasteiger partial charge in [-0.25, -0.2) is 0 Å². The number of amides is 1. The smallest absolute Gasteiger partial charge is 0.233 e. The number of benzene rings is 1. The fourth-order valence-corrected chi connectivity index (χ4v) is 1.28. The van der Waals surface area contributed by atoms with E-state index in [1.165, 1.54) is 0 Å². The van der Waals surface area contributed by atoms with Crippen molar-refractivity contribution in [3.8, 4) is 5.75 Å². The highest BCUT2D eigenvalue weighted by Gasteiger charge is 2.01. The van der Waals surface area contributed by atoms with Gasteiger partial charge in [0.05, 0.1) is 6.54 Å². The maximum Gasteiger partial charge on any atom is 0.233 e. The highest BCUT2D eigenvalue weighted by atomic mass is 35.5. The van der Waals surface area contributed by atoms with Crippen LogP contribution in [0, 0.1) is 0 Å². The molecule has 0 radical (unpaired) electrons. The first-order chi connectivity index (χ1) is 7.24. The molecule has 3 N–H and O–H groups in total. The van der Waals surface area contributed by atoms with E-state index in [-0.39, 0.29) is 24.1 Å². The number of halogens is 1. The number of phenols is 1. The minimum Gasteiger partial charge on any atom is -0.508 e. The molecule has 0 atom stereocenters. The molecule has 0 spiro atoms. The molecule has 0 aliphatic heterocycles. The number of phenolic OH excluding ortho intramolecular Hbond substituents is 1. The Labute approximate surface area is 101 Å². The molecule has 0 unspecified atom stereocenters. The van der Waals surface area contributed by atoms with Crippen molar-refractivity contribution >= 4 is 18.3 Å². The highest BCUT2D eigenvalue weighted by molar-refractivity contribution is 5.85. The largest absolute Gasteiger partial charge is 0.508 e. The van der Waals surface area contributed by atoms with Gasteiger partial charge in [0.15, 0.2) is 0 Å². The zero-order chi connectivity index (χ0) is 11.1. The van der Waals surface area contributed by atoms with E-state index < -0.39 is 0 Å². The predicted octanol–water partition coefficient (Wildman–Crippen LogP) is 0.692. The summed E-state index contributed by atoms with van der Waals surface area (Å²) in [6.07, 6.45) is 0.641. The molecule has 1 aromatic rings. The average molecular weight is 245 g/mol. The Kier molecular flexibility index (Phi) is 7.33. The number of nitrogens with one attached hydrogen (secondary N) is 2. The molecule has 16 heavy (non-hydrogen) atoms. The van der Waals surface area contributed by atoms with Crippen molar-refractivity contribution in [1.29, 1.82) is 0 Å². The van der Waals surface area contributed by atoms with Gasteiger partial charge in [0.2, 0.25) is 5.91 Å². The molecule has 0 aliphatic carbocycles. The number of rotatable bonds is 5. The molecule has 0 fully saturated rings. The van der Waals surface area contributed by atoms with Gasteiger partial charge in [0.25, 0.3) is 0 Å². The Bertz CT molecular complexity index is 332. The monoisotopic (exact) mass is 244 g/mol. The van der Waals surface area contributed by atoms with Gasteiger partial charge in [-0.05, 0) is 25.1 Å². The molecule has 4 nitrogen and oxygen atoms in total. The van der Waals surface area contributed by atoms with Gasteiger partial charge in [-0.3, -0.25) is 4.79 Å². The van der Waals surface area contributed by atoms with E-state index in [9.17, 15) is 9.90 Å². The summed E-state index contributed by atoms with van der Waals surface area (Å²) in [5, 5.41) is 15.0. The molecular formula is C11H17ClN2O2. The molecular weight excluding hydrogens is 228 g/mol. The van der Waals surface area contributed by atoms with Gasteiger partial charge in [-0.2, -0.15) is 0 Å². The van der Waals surface area contributed by atoms with Crippen LogP contribution in [0.15, 0.2) is 24.3 Å². The highest BCUT2D eigenvalue weighted by Crippen LogP contribution is 2.15. The van der Waals surface area contributed by atoms with Crippen LogP contribution in [0.2, 0.25) is 0 Å². The number of hydrogen-bond donors (Lipinski definition) is 3. The Morgan fingerprint density at radius 2 is 2.06 bits per heavy atom. The molecule has 90 valence electrons. The lowest BCUT2D eigenvalue weighted by Crippen LogP contribution is -2.33. The van der Waals surface area contributed by atoms with Gasteiger partial charge in [0.1, 0.15) is 5.75 Å². The fraction of sp³-hybridized carbons (Fsp3) is 0.364.